The summed E-state index contributed by atoms with van der Waals surface area (Å²) in [6.45, 7) is 14.9. The number of esters is 3. The Morgan fingerprint density at radius 1 is 0.942 bits per heavy atom. The summed E-state index contributed by atoms with van der Waals surface area (Å²) >= 11 is 0. The van der Waals surface area contributed by atoms with Gasteiger partial charge >= 0.3 is 24.0 Å². The first kappa shape index (κ1) is 53.0. The molecule has 69 heavy (non-hydrogen) atoms. The molecule has 3 aliphatic carbocycles. The molecule has 376 valence electrons. The lowest BCUT2D eigenvalue weighted by molar-refractivity contribution is -0.339. The van der Waals surface area contributed by atoms with Crippen molar-refractivity contribution in [3.63, 3.8) is 0 Å². The van der Waals surface area contributed by atoms with Gasteiger partial charge in [-0.3, -0.25) is 28.9 Å². The van der Waals surface area contributed by atoms with Crippen molar-refractivity contribution in [3.05, 3.63) is 82.9 Å². The molecule has 1 heterocycles. The fourth-order valence-electron chi connectivity index (χ4n) is 11.2. The molecule has 2 aromatic rings. The minimum Gasteiger partial charge on any atom is -0.455 e. The number of nitrogens with one attached hydrogen (secondary N) is 1. The van der Waals surface area contributed by atoms with Gasteiger partial charge in [0.1, 0.15) is 35.7 Å². The Bertz CT molecular complexity index is 2340. The van der Waals surface area contributed by atoms with E-state index in [1.807, 2.05) is 0 Å². The van der Waals surface area contributed by atoms with E-state index < -0.39 is 131 Å². The monoisotopic (exact) mass is 960 g/mol. The number of carbonyl (C=O) groups is 7. The number of benzene rings is 2. The molecule has 1 aliphatic heterocycles. The number of aliphatic hydroxyl groups excluding tert-OH is 2. The van der Waals surface area contributed by atoms with Crippen LogP contribution in [-0.2, 0) is 47.7 Å². The molecule has 4 aliphatic rings. The first-order valence-corrected chi connectivity index (χ1v) is 23.5. The van der Waals surface area contributed by atoms with Crippen molar-refractivity contribution in [3.8, 4) is 0 Å². The van der Waals surface area contributed by atoms with Gasteiger partial charge in [-0.05, 0) is 58.4 Å². The van der Waals surface area contributed by atoms with Crippen molar-refractivity contribution in [2.75, 3.05) is 26.7 Å². The van der Waals surface area contributed by atoms with Crippen molar-refractivity contribution >= 4 is 41.4 Å². The fraction of sp³-hybridized carbons (Fsp3) is 0.596. The Morgan fingerprint density at radius 3 is 2.10 bits per heavy atom. The summed E-state index contributed by atoms with van der Waals surface area (Å²) in [7, 11) is 1.53. The van der Waals surface area contributed by atoms with Crippen LogP contribution < -0.4 is 5.32 Å². The molecule has 1 amide bonds. The molecule has 3 fully saturated rings. The number of ketones is 3. The van der Waals surface area contributed by atoms with Gasteiger partial charge in [-0.15, -0.1) is 0 Å². The van der Waals surface area contributed by atoms with E-state index in [2.05, 4.69) is 5.32 Å². The molecule has 0 unspecified atom stereocenters. The van der Waals surface area contributed by atoms with Crippen LogP contribution in [0.3, 0.4) is 0 Å². The average molecular weight is 961 g/mol. The van der Waals surface area contributed by atoms with Crippen molar-refractivity contribution < 1.29 is 72.6 Å². The maximum absolute atomic E-state index is 15.3. The van der Waals surface area contributed by atoms with E-state index in [1.54, 1.807) is 109 Å². The molecule has 2 aromatic carbocycles. The second-order valence-electron chi connectivity index (χ2n) is 21.2. The van der Waals surface area contributed by atoms with Crippen molar-refractivity contribution in [2.24, 2.45) is 28.6 Å². The number of carbonyl (C=O) groups excluding carboxylic acids is 7. The number of likely N-dealkylation sites (N-methyl/N-ethyl adjacent to an activating group) is 1. The first-order chi connectivity index (χ1) is 32.1. The summed E-state index contributed by atoms with van der Waals surface area (Å²) in [6.07, 6.45) is -10.0. The zero-order chi connectivity index (χ0) is 51.2. The molecular formula is C52H68N2O15. The Balaban J connectivity index is 1.51. The summed E-state index contributed by atoms with van der Waals surface area (Å²) in [5, 5.41) is 41.0. The summed E-state index contributed by atoms with van der Waals surface area (Å²) in [5.41, 5.74) is -7.72. The molecule has 11 atom stereocenters. The number of alkyl carbamates (subject to hydrolysis) is 1. The van der Waals surface area contributed by atoms with E-state index in [0.717, 1.165) is 0 Å². The van der Waals surface area contributed by atoms with Crippen LogP contribution in [0.25, 0.3) is 0 Å². The third kappa shape index (κ3) is 10.2. The number of fused-ring (bicyclic) bond motifs is 5. The van der Waals surface area contributed by atoms with Gasteiger partial charge in [0.2, 0.25) is 6.10 Å². The Hall–Kier alpha value is -5.33. The largest absolute Gasteiger partial charge is 0.455 e. The molecule has 0 aromatic heterocycles. The highest BCUT2D eigenvalue weighted by Gasteiger charge is 2.76. The number of hydrogen-bond acceptors (Lipinski definition) is 16. The maximum atomic E-state index is 15.3. The number of Topliss-reactive ketones (excluding diaryl/α,β-unsaturated/α-hetero) is 3. The lowest BCUT2D eigenvalue weighted by Gasteiger charge is -2.68. The van der Waals surface area contributed by atoms with Crippen LogP contribution in [0.15, 0.2) is 71.8 Å². The number of rotatable bonds is 15. The van der Waals surface area contributed by atoms with Gasteiger partial charge in [0, 0.05) is 54.9 Å². The van der Waals surface area contributed by atoms with Crippen LogP contribution in [0.4, 0.5) is 4.79 Å². The molecule has 1 saturated heterocycles. The van der Waals surface area contributed by atoms with Crippen LogP contribution in [0.5, 0.6) is 0 Å². The third-order valence-corrected chi connectivity index (χ3v) is 14.8. The molecule has 0 radical (unpaired) electrons. The highest BCUT2D eigenvalue weighted by Crippen LogP contribution is 2.66. The Morgan fingerprint density at radius 2 is 1.55 bits per heavy atom. The van der Waals surface area contributed by atoms with Crippen molar-refractivity contribution in [2.45, 2.75) is 142 Å². The molecule has 17 nitrogen and oxygen atoms in total. The minimum atomic E-state index is -2.22. The van der Waals surface area contributed by atoms with E-state index in [4.69, 9.17) is 23.7 Å². The third-order valence-electron chi connectivity index (χ3n) is 14.8. The summed E-state index contributed by atoms with van der Waals surface area (Å²) in [5.74, 6) is -7.45. The van der Waals surface area contributed by atoms with Gasteiger partial charge in [0.15, 0.2) is 17.2 Å². The minimum absolute atomic E-state index is 0.0342. The van der Waals surface area contributed by atoms with Crippen LogP contribution in [0.1, 0.15) is 110 Å². The lowest BCUT2D eigenvalue weighted by atomic mass is 9.42. The number of nitrogens with zero attached hydrogens (tertiary/aromatic N) is 1. The smallest absolute Gasteiger partial charge is 0.408 e. The van der Waals surface area contributed by atoms with Gasteiger partial charge < -0.3 is 44.3 Å². The second-order valence-corrected chi connectivity index (χ2v) is 21.2. The van der Waals surface area contributed by atoms with E-state index in [-0.39, 0.29) is 48.0 Å². The maximum Gasteiger partial charge on any atom is 0.408 e. The summed E-state index contributed by atoms with van der Waals surface area (Å²) in [6, 6.07) is 15.0. The molecular weight excluding hydrogens is 893 g/mol. The number of ether oxygens (including phenoxy) is 5. The second kappa shape index (κ2) is 19.8. The van der Waals surface area contributed by atoms with E-state index in [1.165, 1.54) is 32.7 Å². The van der Waals surface area contributed by atoms with Crippen molar-refractivity contribution in [1.29, 1.82) is 0 Å². The topological polar surface area (TPSA) is 242 Å². The standard InChI is InChI=1S/C52H68N2O15/c1-28(2)35(57)25-54(11)26-39(59)67-43(41(32-20-16-13-17-21-32)53-47(63)69-48(5,6)7)46(62)66-36-24-52(64)33(22-34(56)31-18-14-12-15-19-31)44-50(10,45(61)42(60)40(29(36)3)49(52,8)9)37(58)23-38-51(44,27-65-38)68-30(4)55/h12-21,28,33,36-38,41-44,58,60,64H,22-27H2,1-11H3,(H,53,63)/t33-,36-,37-,38+,41-,42+,43+,44-,50+,51-,52+/m0/s1. The number of amides is 1. The fourth-order valence-corrected chi connectivity index (χ4v) is 11.2. The van der Waals surface area contributed by atoms with Crippen LogP contribution in [0, 0.1) is 28.6 Å². The van der Waals surface area contributed by atoms with Gasteiger partial charge in [-0.1, -0.05) is 88.4 Å². The summed E-state index contributed by atoms with van der Waals surface area (Å²) in [4.78, 5) is 99.4. The van der Waals surface area contributed by atoms with Crippen LogP contribution >= 0.6 is 0 Å². The summed E-state index contributed by atoms with van der Waals surface area (Å²) < 4.78 is 29.9. The van der Waals surface area contributed by atoms with Gasteiger partial charge in [-0.2, -0.15) is 0 Å². The predicted octanol–water partition coefficient (Wildman–Crippen LogP) is 4.63. The normalized spacial score (nSPS) is 30.3. The number of hydrogen-bond donors (Lipinski definition) is 4. The van der Waals surface area contributed by atoms with Gasteiger partial charge in [0.05, 0.1) is 36.8 Å². The highest BCUT2D eigenvalue weighted by molar-refractivity contribution is 5.97. The lowest BCUT2D eigenvalue weighted by Crippen LogP contribution is -2.80. The van der Waals surface area contributed by atoms with E-state index >= 15 is 9.59 Å². The Kier molecular flexibility index (Phi) is 15.2. The van der Waals surface area contributed by atoms with Gasteiger partial charge in [-0.25, -0.2) is 9.59 Å². The van der Waals surface area contributed by atoms with Crippen LogP contribution in [0.2, 0.25) is 0 Å². The molecule has 17 heteroatoms. The number of aliphatic hydroxyl groups is 3. The van der Waals surface area contributed by atoms with E-state index in [9.17, 15) is 39.3 Å². The highest BCUT2D eigenvalue weighted by atomic mass is 16.6. The zero-order valence-corrected chi connectivity index (χ0v) is 41.4. The molecule has 2 saturated carbocycles. The predicted molar refractivity (Wildman–Crippen MR) is 248 cm³/mol. The Labute approximate surface area is 403 Å². The molecule has 4 N–H and O–H groups in total. The first-order valence-electron chi connectivity index (χ1n) is 23.5. The zero-order valence-electron chi connectivity index (χ0n) is 41.4. The van der Waals surface area contributed by atoms with Crippen molar-refractivity contribution in [1.82, 2.24) is 10.2 Å². The van der Waals surface area contributed by atoms with Crippen LogP contribution in [-0.4, -0.2) is 136 Å². The molecule has 0 spiro atoms. The average Bonchev–Trinajstić information content (AvgIpc) is 3.25. The molecule has 6 rings (SSSR count). The quantitative estimate of drug-likeness (QED) is 0.0823. The molecule has 2 bridgehead atoms. The van der Waals surface area contributed by atoms with Gasteiger partial charge in [0.25, 0.3) is 0 Å². The SMILES string of the molecule is CC(=O)O[C@@]12CO[C@@H]1C[C@H](O)[C@@]1(C)C(=O)[C@H](O)C3=C(C)[C@@H](OC(=O)[C@H](OC(=O)CN(C)CC(=O)C(C)C)[C@@H](NC(=O)OC(C)(C)C)c4ccccc4)C[C@@](O)([C@@H](CC(=O)c4ccccc4)[C@H]21)C3(C)C. The van der Waals surface area contributed by atoms with E-state index in [0.29, 0.717) is 5.56 Å².